The Morgan fingerprint density at radius 2 is 1.72 bits per heavy atom. The van der Waals surface area contributed by atoms with E-state index in [-0.39, 0.29) is 30.6 Å². The Morgan fingerprint density at radius 3 is 2.31 bits per heavy atom. The second-order valence-electron chi connectivity index (χ2n) is 10.7. The summed E-state index contributed by atoms with van der Waals surface area (Å²) in [5.74, 6) is -0.894. The van der Waals surface area contributed by atoms with Gasteiger partial charge in [-0.25, -0.2) is 9.59 Å². The zero-order chi connectivity index (χ0) is 26.6. The molecule has 0 saturated carbocycles. The fourth-order valence-corrected chi connectivity index (χ4v) is 4.86. The Kier molecular flexibility index (Phi) is 9.01. The molecule has 36 heavy (non-hydrogen) atoms. The summed E-state index contributed by atoms with van der Waals surface area (Å²) >= 11 is 0. The summed E-state index contributed by atoms with van der Waals surface area (Å²) < 4.78 is 11.2. The molecule has 3 saturated heterocycles. The fraction of sp³-hybridized carbons (Fsp3) is 0.826. The number of piperazine rings is 2. The molecule has 3 atom stereocenters. The number of hydrogen-bond acceptors (Lipinski definition) is 9. The molecule has 0 aromatic heterocycles. The van der Waals surface area contributed by atoms with E-state index in [1.807, 2.05) is 6.92 Å². The second kappa shape index (κ2) is 11.6. The van der Waals surface area contributed by atoms with Crippen LogP contribution in [0, 0.1) is 5.41 Å². The number of rotatable bonds is 8. The van der Waals surface area contributed by atoms with Gasteiger partial charge in [-0.2, -0.15) is 0 Å². The number of cyclic esters (lactones) is 1. The van der Waals surface area contributed by atoms with Gasteiger partial charge in [0.1, 0.15) is 17.5 Å². The average Bonchev–Trinajstić information content (AvgIpc) is 3.08. The monoisotopic (exact) mass is 511 g/mol. The molecule has 3 rings (SSSR count). The van der Waals surface area contributed by atoms with Crippen molar-refractivity contribution in [1.29, 1.82) is 5.41 Å². The number of nitrogens with two attached hydrogens (primary N) is 1. The third-order valence-electron chi connectivity index (χ3n) is 6.88. The van der Waals surface area contributed by atoms with Gasteiger partial charge in [0.2, 0.25) is 0 Å². The van der Waals surface area contributed by atoms with Gasteiger partial charge in [0.05, 0.1) is 12.5 Å². The van der Waals surface area contributed by atoms with Crippen LogP contribution >= 0.6 is 0 Å². The number of nitrogens with one attached hydrogen (secondary N) is 1. The number of aliphatic carboxylic acids is 1. The van der Waals surface area contributed by atoms with Gasteiger partial charge in [-0.05, 0) is 27.7 Å². The number of amidine groups is 1. The summed E-state index contributed by atoms with van der Waals surface area (Å²) in [6.07, 6.45) is -1.05. The molecular formula is C23H41N7O6. The Balaban J connectivity index is 1.49. The van der Waals surface area contributed by atoms with Crippen molar-refractivity contribution in [3.05, 3.63) is 0 Å². The highest BCUT2D eigenvalue weighted by Crippen LogP contribution is 2.24. The van der Waals surface area contributed by atoms with E-state index in [1.54, 1.807) is 25.7 Å². The first-order valence-electron chi connectivity index (χ1n) is 12.6. The molecule has 2 amide bonds. The second-order valence-corrected chi connectivity index (χ2v) is 10.7. The number of amides is 2. The van der Waals surface area contributed by atoms with Crippen molar-refractivity contribution in [2.45, 2.75) is 58.0 Å². The zero-order valence-corrected chi connectivity index (χ0v) is 21.8. The third kappa shape index (κ3) is 7.20. The van der Waals surface area contributed by atoms with Crippen molar-refractivity contribution < 1.29 is 29.0 Å². The molecule has 0 aromatic rings. The molecule has 3 aliphatic heterocycles. The third-order valence-corrected chi connectivity index (χ3v) is 6.88. The molecule has 0 radical (unpaired) electrons. The number of hydrogen-bond donors (Lipinski definition) is 3. The Labute approximate surface area is 212 Å². The molecular weight excluding hydrogens is 470 g/mol. The first kappa shape index (κ1) is 27.9. The fourth-order valence-electron chi connectivity index (χ4n) is 4.86. The normalized spacial score (nSPS) is 26.7. The lowest BCUT2D eigenvalue weighted by molar-refractivity contribution is -0.137. The molecule has 0 aromatic carbocycles. The molecule has 4 N–H and O–H groups in total. The summed E-state index contributed by atoms with van der Waals surface area (Å²) in [5, 5.41) is 16.9. The van der Waals surface area contributed by atoms with E-state index in [0.29, 0.717) is 52.4 Å². The van der Waals surface area contributed by atoms with E-state index in [0.717, 1.165) is 13.1 Å². The summed E-state index contributed by atoms with van der Waals surface area (Å²) in [6, 6.07) is -0.712. The highest BCUT2D eigenvalue weighted by molar-refractivity contribution is 5.87. The summed E-state index contributed by atoms with van der Waals surface area (Å²) in [4.78, 5) is 45.6. The number of ether oxygens (including phenoxy) is 2. The van der Waals surface area contributed by atoms with E-state index in [9.17, 15) is 14.4 Å². The minimum Gasteiger partial charge on any atom is -0.481 e. The highest BCUT2D eigenvalue weighted by atomic mass is 16.6. The quantitative estimate of drug-likeness (QED) is 0.302. The van der Waals surface area contributed by atoms with Gasteiger partial charge in [-0.15, -0.1) is 0 Å². The van der Waals surface area contributed by atoms with Crippen LogP contribution in [-0.2, 0) is 14.3 Å². The SMILES string of the molecule is CC1C(N2CCN(CCC(=O)O)CC2)OC(=O)N1CCN1CCN(C(=O)OC(C)(C)C)C(C(=N)N)C1. The van der Waals surface area contributed by atoms with Gasteiger partial charge in [0, 0.05) is 65.4 Å². The van der Waals surface area contributed by atoms with E-state index < -0.39 is 23.7 Å². The summed E-state index contributed by atoms with van der Waals surface area (Å²) in [5.41, 5.74) is 5.18. The van der Waals surface area contributed by atoms with Crippen molar-refractivity contribution in [3.8, 4) is 0 Å². The van der Waals surface area contributed by atoms with Crippen LogP contribution in [0.5, 0.6) is 0 Å². The lowest BCUT2D eigenvalue weighted by atomic mass is 10.1. The summed E-state index contributed by atoms with van der Waals surface area (Å²) in [6.45, 7) is 13.2. The van der Waals surface area contributed by atoms with E-state index in [2.05, 4.69) is 14.7 Å². The zero-order valence-electron chi connectivity index (χ0n) is 21.8. The molecule has 13 nitrogen and oxygen atoms in total. The molecule has 3 fully saturated rings. The molecule has 3 unspecified atom stereocenters. The number of carbonyl (C=O) groups is 3. The first-order valence-corrected chi connectivity index (χ1v) is 12.6. The van der Waals surface area contributed by atoms with Crippen molar-refractivity contribution in [2.75, 3.05) is 65.4 Å². The van der Waals surface area contributed by atoms with Crippen molar-refractivity contribution in [3.63, 3.8) is 0 Å². The molecule has 0 bridgehead atoms. The van der Waals surface area contributed by atoms with Crippen LogP contribution in [0.15, 0.2) is 0 Å². The van der Waals surface area contributed by atoms with Gasteiger partial charge in [0.25, 0.3) is 0 Å². The molecule has 3 aliphatic rings. The maximum atomic E-state index is 12.7. The largest absolute Gasteiger partial charge is 0.481 e. The maximum Gasteiger partial charge on any atom is 0.411 e. The number of carboxylic acid groups (broad SMARTS) is 1. The summed E-state index contributed by atoms with van der Waals surface area (Å²) in [7, 11) is 0. The molecule has 204 valence electrons. The van der Waals surface area contributed by atoms with Crippen LogP contribution < -0.4 is 5.73 Å². The standard InChI is InChI=1S/C23H41N7O6/c1-16-20(28-11-7-26(8-12-28)6-5-18(31)32)35-21(33)29(16)13-9-27-10-14-30(17(15-27)19(24)25)22(34)36-23(2,3)4/h16-17,20H,5-15H2,1-4H3,(H3,24,25)(H,31,32). The van der Waals surface area contributed by atoms with Gasteiger partial charge < -0.3 is 25.2 Å². The van der Waals surface area contributed by atoms with Gasteiger partial charge in [-0.1, -0.05) is 0 Å². The molecule has 13 heteroatoms. The molecule has 3 heterocycles. The Hall–Kier alpha value is -2.64. The van der Waals surface area contributed by atoms with Gasteiger partial charge >= 0.3 is 18.2 Å². The highest BCUT2D eigenvalue weighted by Gasteiger charge is 2.43. The van der Waals surface area contributed by atoms with E-state index in [1.165, 1.54) is 4.90 Å². The van der Waals surface area contributed by atoms with E-state index in [4.69, 9.17) is 25.7 Å². The topological polar surface area (TPSA) is 156 Å². The van der Waals surface area contributed by atoms with Crippen LogP contribution in [0.3, 0.4) is 0 Å². The average molecular weight is 512 g/mol. The Bertz CT molecular complexity index is 826. The predicted molar refractivity (Wildman–Crippen MR) is 132 cm³/mol. The van der Waals surface area contributed by atoms with Crippen molar-refractivity contribution in [1.82, 2.24) is 24.5 Å². The Morgan fingerprint density at radius 1 is 1.08 bits per heavy atom. The van der Waals surface area contributed by atoms with Crippen LogP contribution in [0.25, 0.3) is 0 Å². The van der Waals surface area contributed by atoms with Crippen molar-refractivity contribution in [2.24, 2.45) is 5.73 Å². The maximum absolute atomic E-state index is 12.7. The van der Waals surface area contributed by atoms with Gasteiger partial charge in [0.15, 0.2) is 6.23 Å². The number of nitrogens with zero attached hydrogens (tertiary/aromatic N) is 5. The van der Waals surface area contributed by atoms with Crippen molar-refractivity contribution >= 4 is 24.0 Å². The van der Waals surface area contributed by atoms with Crippen LogP contribution in [-0.4, -0.2) is 143 Å². The lowest BCUT2D eigenvalue weighted by Crippen LogP contribution is -2.61. The van der Waals surface area contributed by atoms with E-state index >= 15 is 0 Å². The smallest absolute Gasteiger partial charge is 0.411 e. The van der Waals surface area contributed by atoms with Crippen LogP contribution in [0.4, 0.5) is 9.59 Å². The molecule has 0 aliphatic carbocycles. The minimum atomic E-state index is -0.799. The number of carbonyl (C=O) groups excluding carboxylic acids is 2. The van der Waals surface area contributed by atoms with Crippen LogP contribution in [0.2, 0.25) is 0 Å². The first-order chi connectivity index (χ1) is 16.9. The minimum absolute atomic E-state index is 0.0953. The lowest BCUT2D eigenvalue weighted by Gasteiger charge is -2.41. The number of carboxylic acids is 1. The molecule has 0 spiro atoms. The predicted octanol–water partition coefficient (Wildman–Crippen LogP) is 0.103. The van der Waals surface area contributed by atoms with Gasteiger partial charge in [-0.3, -0.25) is 29.8 Å². The van der Waals surface area contributed by atoms with Crippen LogP contribution in [0.1, 0.15) is 34.1 Å².